The Morgan fingerprint density at radius 3 is 2.77 bits per heavy atom. The minimum Gasteiger partial charge on any atom is -0.426 e. The molecule has 0 aliphatic carbocycles. The maximum atomic E-state index is 11.0. The van der Waals surface area contributed by atoms with Gasteiger partial charge in [0.25, 0.3) is 6.02 Å². The fourth-order valence-electron chi connectivity index (χ4n) is 2.13. The molecule has 1 aromatic carbocycles. The van der Waals surface area contributed by atoms with Gasteiger partial charge in [0.1, 0.15) is 5.75 Å². The molecule has 3 N–H and O–H groups in total. The summed E-state index contributed by atoms with van der Waals surface area (Å²) in [4.78, 5) is 15.0. The Hall–Kier alpha value is -2.30. The number of nitrogens with one attached hydrogen (secondary N) is 1. The van der Waals surface area contributed by atoms with E-state index in [0.717, 1.165) is 23.1 Å². The van der Waals surface area contributed by atoms with Gasteiger partial charge < -0.3 is 15.8 Å². The van der Waals surface area contributed by atoms with E-state index in [2.05, 4.69) is 16.4 Å². The predicted octanol–water partition coefficient (Wildman–Crippen LogP) is 2.64. The maximum Gasteiger partial charge on any atom is 0.287 e. The molecule has 0 aromatic heterocycles. The molecule has 22 heavy (non-hydrogen) atoms. The quantitative estimate of drug-likeness (QED) is 0.626. The van der Waals surface area contributed by atoms with E-state index >= 15 is 0 Å². The van der Waals surface area contributed by atoms with Gasteiger partial charge in [0.05, 0.1) is 0 Å². The molecule has 1 rings (SSSR count). The van der Waals surface area contributed by atoms with Gasteiger partial charge in [-0.25, -0.2) is 4.99 Å². The van der Waals surface area contributed by atoms with E-state index in [1.165, 1.54) is 6.92 Å². The molecule has 0 atom stereocenters. The number of amidine groups is 1. The largest absolute Gasteiger partial charge is 0.426 e. The maximum absolute atomic E-state index is 11.0. The average molecular weight is 303 g/mol. The summed E-state index contributed by atoms with van der Waals surface area (Å²) in [5, 5.41) is 2.81. The van der Waals surface area contributed by atoms with Crippen LogP contribution >= 0.6 is 0 Å². The standard InChI is InChI=1S/C17H25N3O2/c1-5-14(9-10-20-13(4)21)16-11-15(8-7-12(16)3)22-17(18)19-6-2/h5,7-8,11H,6,9-10H2,1-4H3,(H2,18,19)(H,20,21)/b14-5-. The SMILES string of the molecule is C/C=C(/CCNC(C)=O)c1cc(OC(N)=NCC)ccc1C. The average Bonchev–Trinajstić information content (AvgIpc) is 2.46. The lowest BCUT2D eigenvalue weighted by atomic mass is 9.97. The van der Waals surface area contributed by atoms with Crippen LogP contribution in [0.3, 0.4) is 0 Å². The highest BCUT2D eigenvalue weighted by atomic mass is 16.5. The van der Waals surface area contributed by atoms with Crippen molar-refractivity contribution in [3.05, 3.63) is 35.4 Å². The van der Waals surface area contributed by atoms with Gasteiger partial charge in [-0.1, -0.05) is 12.1 Å². The summed E-state index contributed by atoms with van der Waals surface area (Å²) in [5.74, 6) is 0.641. The van der Waals surface area contributed by atoms with E-state index in [1.807, 2.05) is 39.0 Å². The van der Waals surface area contributed by atoms with E-state index < -0.39 is 0 Å². The predicted molar refractivity (Wildman–Crippen MR) is 90.9 cm³/mol. The molecule has 5 heteroatoms. The Labute approximate surface area is 132 Å². The second kappa shape index (κ2) is 8.87. The van der Waals surface area contributed by atoms with Gasteiger partial charge in [-0.15, -0.1) is 0 Å². The monoisotopic (exact) mass is 303 g/mol. The number of aryl methyl sites for hydroxylation is 1. The number of ether oxygens (including phenoxy) is 1. The normalized spacial score (nSPS) is 12.2. The van der Waals surface area contributed by atoms with Gasteiger partial charge in [-0.2, -0.15) is 0 Å². The number of hydrogen-bond acceptors (Lipinski definition) is 3. The second-order valence-electron chi connectivity index (χ2n) is 4.94. The van der Waals surface area contributed by atoms with Gasteiger partial charge in [0, 0.05) is 20.0 Å². The summed E-state index contributed by atoms with van der Waals surface area (Å²) >= 11 is 0. The van der Waals surface area contributed by atoms with Crippen LogP contribution in [0.25, 0.3) is 5.57 Å². The molecule has 0 unspecified atom stereocenters. The molecule has 0 fully saturated rings. The zero-order chi connectivity index (χ0) is 16.5. The molecule has 5 nitrogen and oxygen atoms in total. The van der Waals surface area contributed by atoms with Crippen molar-refractivity contribution in [3.8, 4) is 5.75 Å². The molecule has 0 bridgehead atoms. The van der Waals surface area contributed by atoms with Crippen molar-refractivity contribution in [2.45, 2.75) is 34.1 Å². The second-order valence-corrected chi connectivity index (χ2v) is 4.94. The Kier molecular flexibility index (Phi) is 7.16. The molecular weight excluding hydrogens is 278 g/mol. The number of aliphatic imine (C=N–C) groups is 1. The molecule has 1 amide bonds. The van der Waals surface area contributed by atoms with Crippen LogP contribution in [0.2, 0.25) is 0 Å². The number of rotatable bonds is 6. The topological polar surface area (TPSA) is 76.7 Å². The van der Waals surface area contributed by atoms with E-state index in [9.17, 15) is 4.79 Å². The lowest BCUT2D eigenvalue weighted by molar-refractivity contribution is -0.118. The number of amides is 1. The number of nitrogens with two attached hydrogens (primary N) is 1. The van der Waals surface area contributed by atoms with E-state index in [4.69, 9.17) is 10.5 Å². The van der Waals surface area contributed by atoms with Crippen molar-refractivity contribution in [3.63, 3.8) is 0 Å². The lowest BCUT2D eigenvalue weighted by Gasteiger charge is -2.13. The zero-order valence-electron chi connectivity index (χ0n) is 13.8. The summed E-state index contributed by atoms with van der Waals surface area (Å²) in [6.07, 6.45) is 2.82. The van der Waals surface area contributed by atoms with Crippen molar-refractivity contribution in [2.24, 2.45) is 10.7 Å². The minimum atomic E-state index is -0.0205. The molecule has 0 aliphatic heterocycles. The molecule has 0 aliphatic rings. The summed E-state index contributed by atoms with van der Waals surface area (Å²) in [6, 6.07) is 5.98. The van der Waals surface area contributed by atoms with Crippen LogP contribution in [0.4, 0.5) is 0 Å². The number of allylic oxidation sites excluding steroid dienone is 1. The van der Waals surface area contributed by atoms with Crippen LogP contribution in [-0.2, 0) is 4.79 Å². The van der Waals surface area contributed by atoms with Crippen LogP contribution in [0.1, 0.15) is 38.3 Å². The minimum absolute atomic E-state index is 0.0205. The third kappa shape index (κ3) is 5.60. The van der Waals surface area contributed by atoms with Crippen molar-refractivity contribution < 1.29 is 9.53 Å². The first kappa shape index (κ1) is 17.8. The lowest BCUT2D eigenvalue weighted by Crippen LogP contribution is -2.21. The van der Waals surface area contributed by atoms with Crippen molar-refractivity contribution in [1.82, 2.24) is 5.32 Å². The van der Waals surface area contributed by atoms with Crippen LogP contribution in [-0.4, -0.2) is 25.0 Å². The number of carbonyl (C=O) groups excluding carboxylic acids is 1. The molecule has 1 aromatic rings. The van der Waals surface area contributed by atoms with Crippen molar-refractivity contribution in [1.29, 1.82) is 0 Å². The van der Waals surface area contributed by atoms with Gasteiger partial charge in [0.2, 0.25) is 5.91 Å². The highest BCUT2D eigenvalue weighted by Crippen LogP contribution is 2.26. The summed E-state index contributed by atoms with van der Waals surface area (Å²) < 4.78 is 5.52. The van der Waals surface area contributed by atoms with Gasteiger partial charge >= 0.3 is 0 Å². The Morgan fingerprint density at radius 1 is 1.45 bits per heavy atom. The third-order valence-corrected chi connectivity index (χ3v) is 3.21. The van der Waals surface area contributed by atoms with Gasteiger partial charge in [0.15, 0.2) is 0 Å². The van der Waals surface area contributed by atoms with Crippen LogP contribution in [0.15, 0.2) is 29.3 Å². The van der Waals surface area contributed by atoms with E-state index in [0.29, 0.717) is 18.8 Å². The smallest absolute Gasteiger partial charge is 0.287 e. The highest BCUT2D eigenvalue weighted by Gasteiger charge is 2.08. The fourth-order valence-corrected chi connectivity index (χ4v) is 2.13. The molecular formula is C17H25N3O2. The summed E-state index contributed by atoms with van der Waals surface area (Å²) in [5.41, 5.74) is 9.09. The van der Waals surface area contributed by atoms with Crippen molar-refractivity contribution >= 4 is 17.5 Å². The first-order chi connectivity index (χ1) is 10.5. The molecule has 0 saturated heterocycles. The summed E-state index contributed by atoms with van der Waals surface area (Å²) in [7, 11) is 0. The number of carbonyl (C=O) groups is 1. The van der Waals surface area contributed by atoms with E-state index in [-0.39, 0.29) is 11.9 Å². The first-order valence-corrected chi connectivity index (χ1v) is 7.46. The number of benzene rings is 1. The number of hydrogen-bond donors (Lipinski definition) is 2. The molecule has 0 heterocycles. The number of nitrogens with zero attached hydrogens (tertiary/aromatic N) is 1. The third-order valence-electron chi connectivity index (χ3n) is 3.21. The van der Waals surface area contributed by atoms with E-state index in [1.54, 1.807) is 0 Å². The fraction of sp³-hybridized carbons (Fsp3) is 0.412. The first-order valence-electron chi connectivity index (χ1n) is 7.46. The highest BCUT2D eigenvalue weighted by molar-refractivity contribution is 5.76. The Balaban J connectivity index is 2.91. The Morgan fingerprint density at radius 2 is 2.18 bits per heavy atom. The van der Waals surface area contributed by atoms with Crippen LogP contribution in [0.5, 0.6) is 5.75 Å². The van der Waals surface area contributed by atoms with Crippen LogP contribution in [0, 0.1) is 6.92 Å². The summed E-state index contributed by atoms with van der Waals surface area (Å²) in [6.45, 7) is 8.65. The van der Waals surface area contributed by atoms with Crippen molar-refractivity contribution in [2.75, 3.05) is 13.1 Å². The Bertz CT molecular complexity index is 577. The van der Waals surface area contributed by atoms with Gasteiger partial charge in [-0.05, 0) is 56.0 Å². The van der Waals surface area contributed by atoms with Crippen LogP contribution < -0.4 is 15.8 Å². The molecule has 0 saturated carbocycles. The molecule has 120 valence electrons. The zero-order valence-corrected chi connectivity index (χ0v) is 13.8. The molecule has 0 radical (unpaired) electrons. The molecule has 0 spiro atoms. The van der Waals surface area contributed by atoms with Gasteiger partial charge in [-0.3, -0.25) is 4.79 Å².